The van der Waals surface area contributed by atoms with Crippen LogP contribution in [0, 0.1) is 5.92 Å². The van der Waals surface area contributed by atoms with Crippen molar-refractivity contribution in [2.24, 2.45) is 5.92 Å². The molecule has 1 fully saturated rings. The molecule has 0 saturated carbocycles. The summed E-state index contributed by atoms with van der Waals surface area (Å²) in [4.78, 5) is 13.2. The number of benzene rings is 1. The Kier molecular flexibility index (Phi) is 6.80. The maximum atomic E-state index is 10.9. The Morgan fingerprint density at radius 2 is 2.32 bits per heavy atom. The van der Waals surface area contributed by atoms with Crippen LogP contribution in [0.25, 0.3) is 0 Å². The number of nitrogens with one attached hydrogen (secondary N) is 1. The van der Waals surface area contributed by atoms with Crippen molar-refractivity contribution in [3.63, 3.8) is 0 Å². The van der Waals surface area contributed by atoms with Crippen molar-refractivity contribution in [1.29, 1.82) is 0 Å². The molecule has 0 unspecified atom stereocenters. The first-order valence-corrected chi connectivity index (χ1v) is 7.99. The molecule has 6 heteroatoms. The largest absolute Gasteiger partial charge is 0.447 e. The van der Waals surface area contributed by atoms with Crippen LogP contribution in [0.5, 0.6) is 0 Å². The molecule has 5 nitrogen and oxygen atoms in total. The third-order valence-corrected chi connectivity index (χ3v) is 3.95. The van der Waals surface area contributed by atoms with Crippen molar-refractivity contribution in [2.45, 2.75) is 12.8 Å². The topological polar surface area (TPSA) is 50.8 Å². The number of nitrogens with zero attached hydrogens (tertiary/aromatic N) is 1. The van der Waals surface area contributed by atoms with E-state index in [9.17, 15) is 4.79 Å². The van der Waals surface area contributed by atoms with E-state index in [4.69, 9.17) is 21.1 Å². The zero-order valence-electron chi connectivity index (χ0n) is 12.9. The quantitative estimate of drug-likeness (QED) is 0.817. The number of hydrogen-bond acceptors (Lipinski definition) is 4. The summed E-state index contributed by atoms with van der Waals surface area (Å²) in [7, 11) is 1.54. The van der Waals surface area contributed by atoms with Crippen LogP contribution in [0.3, 0.4) is 0 Å². The highest BCUT2D eigenvalue weighted by molar-refractivity contribution is 6.30. The Bertz CT molecular complexity index is 484. The molecule has 1 aromatic rings. The van der Waals surface area contributed by atoms with Gasteiger partial charge in [0.15, 0.2) is 0 Å². The van der Waals surface area contributed by atoms with Gasteiger partial charge in [-0.15, -0.1) is 0 Å². The van der Waals surface area contributed by atoms with Crippen LogP contribution in [0.4, 0.5) is 10.5 Å². The number of piperidine rings is 1. The molecule has 1 aromatic carbocycles. The number of halogens is 1. The van der Waals surface area contributed by atoms with E-state index in [0.29, 0.717) is 19.1 Å². The van der Waals surface area contributed by atoms with Crippen LogP contribution >= 0.6 is 11.6 Å². The van der Waals surface area contributed by atoms with Gasteiger partial charge in [-0.25, -0.2) is 4.79 Å². The fraction of sp³-hybridized carbons (Fsp3) is 0.562. The molecule has 122 valence electrons. The second-order valence-electron chi connectivity index (χ2n) is 5.39. The number of anilines is 1. The van der Waals surface area contributed by atoms with E-state index in [1.807, 2.05) is 18.2 Å². The summed E-state index contributed by atoms with van der Waals surface area (Å²) in [6, 6.07) is 7.96. The maximum Gasteiger partial charge on any atom is 0.406 e. The molecular weight excluding hydrogens is 304 g/mol. The van der Waals surface area contributed by atoms with E-state index in [1.165, 1.54) is 12.7 Å². The van der Waals surface area contributed by atoms with E-state index in [2.05, 4.69) is 16.3 Å². The van der Waals surface area contributed by atoms with Gasteiger partial charge in [-0.3, -0.25) is 0 Å². The van der Waals surface area contributed by atoms with Crippen LogP contribution in [0.15, 0.2) is 24.3 Å². The van der Waals surface area contributed by atoms with Gasteiger partial charge in [-0.1, -0.05) is 17.7 Å². The van der Waals surface area contributed by atoms with E-state index < -0.39 is 6.09 Å². The van der Waals surface area contributed by atoms with Gasteiger partial charge in [-0.05, 0) is 37.0 Å². The predicted molar refractivity (Wildman–Crippen MR) is 87.6 cm³/mol. The predicted octanol–water partition coefficient (Wildman–Crippen LogP) is 2.93. The summed E-state index contributed by atoms with van der Waals surface area (Å²) in [5.41, 5.74) is 1.17. The third kappa shape index (κ3) is 5.39. The van der Waals surface area contributed by atoms with Crippen molar-refractivity contribution in [2.75, 3.05) is 44.9 Å². The molecule has 1 atom stereocenters. The standard InChI is InChI=1S/C16H23ClN2O3/c1-18-16(20)22-9-8-21-12-13-4-3-7-19(11-13)15-6-2-5-14(17)10-15/h2,5-6,10,13H,3-4,7-9,11-12H2,1H3,(H,18,20)/t13-/m1/s1. The van der Waals surface area contributed by atoms with Crippen molar-refractivity contribution in [3.05, 3.63) is 29.3 Å². The van der Waals surface area contributed by atoms with Crippen LogP contribution in [-0.4, -0.2) is 46.1 Å². The van der Waals surface area contributed by atoms with Crippen molar-refractivity contribution >= 4 is 23.4 Å². The molecule has 0 bridgehead atoms. The Morgan fingerprint density at radius 1 is 1.45 bits per heavy atom. The average Bonchev–Trinajstić information content (AvgIpc) is 2.54. The van der Waals surface area contributed by atoms with E-state index in [0.717, 1.165) is 31.0 Å². The smallest absolute Gasteiger partial charge is 0.406 e. The van der Waals surface area contributed by atoms with Gasteiger partial charge in [0.25, 0.3) is 0 Å². The first-order chi connectivity index (χ1) is 10.7. The second kappa shape index (κ2) is 8.86. The zero-order valence-corrected chi connectivity index (χ0v) is 13.6. The number of carbonyl (C=O) groups excluding carboxylic acids is 1. The highest BCUT2D eigenvalue weighted by atomic mass is 35.5. The lowest BCUT2D eigenvalue weighted by Crippen LogP contribution is -2.37. The fourth-order valence-corrected chi connectivity index (χ4v) is 2.81. The molecule has 22 heavy (non-hydrogen) atoms. The number of hydrogen-bond donors (Lipinski definition) is 1. The molecule has 1 amide bonds. The molecule has 1 aliphatic heterocycles. The zero-order chi connectivity index (χ0) is 15.8. The molecule has 1 aliphatic rings. The minimum Gasteiger partial charge on any atom is -0.447 e. The van der Waals surface area contributed by atoms with E-state index >= 15 is 0 Å². The molecule has 2 rings (SSSR count). The lowest BCUT2D eigenvalue weighted by atomic mass is 9.98. The summed E-state index contributed by atoms with van der Waals surface area (Å²) < 4.78 is 10.5. The van der Waals surface area contributed by atoms with Gasteiger partial charge in [0, 0.05) is 30.8 Å². The molecule has 0 aromatic heterocycles. The van der Waals surface area contributed by atoms with Crippen LogP contribution in [0.2, 0.25) is 5.02 Å². The maximum absolute atomic E-state index is 10.9. The SMILES string of the molecule is CNC(=O)OCCOC[C@@H]1CCCN(c2cccc(Cl)c2)C1. The first-order valence-electron chi connectivity index (χ1n) is 7.62. The van der Waals surface area contributed by atoms with Gasteiger partial charge >= 0.3 is 6.09 Å². The highest BCUT2D eigenvalue weighted by Gasteiger charge is 2.20. The number of amides is 1. The first kappa shape index (κ1) is 16.9. The Morgan fingerprint density at radius 3 is 3.09 bits per heavy atom. The summed E-state index contributed by atoms with van der Waals surface area (Å²) in [5, 5.41) is 3.17. The van der Waals surface area contributed by atoms with Crippen LogP contribution < -0.4 is 10.2 Å². The summed E-state index contributed by atoms with van der Waals surface area (Å²) >= 11 is 6.06. The lowest BCUT2D eigenvalue weighted by molar-refractivity contribution is 0.0528. The van der Waals surface area contributed by atoms with Crippen LogP contribution in [0.1, 0.15) is 12.8 Å². The van der Waals surface area contributed by atoms with Crippen molar-refractivity contribution in [3.8, 4) is 0 Å². The molecule has 0 aliphatic carbocycles. The normalized spacial score (nSPS) is 18.1. The van der Waals surface area contributed by atoms with Crippen molar-refractivity contribution in [1.82, 2.24) is 5.32 Å². The van der Waals surface area contributed by atoms with Crippen LogP contribution in [-0.2, 0) is 9.47 Å². The molecule has 1 N–H and O–H groups in total. The number of rotatable bonds is 6. The summed E-state index contributed by atoms with van der Waals surface area (Å²) in [6.45, 7) is 3.42. The molecular formula is C16H23ClN2O3. The minimum absolute atomic E-state index is 0.282. The highest BCUT2D eigenvalue weighted by Crippen LogP contribution is 2.25. The van der Waals surface area contributed by atoms with Gasteiger partial charge < -0.3 is 19.7 Å². The fourth-order valence-electron chi connectivity index (χ4n) is 2.62. The molecule has 1 saturated heterocycles. The van der Waals surface area contributed by atoms with E-state index in [1.54, 1.807) is 0 Å². The molecule has 1 heterocycles. The Labute approximate surface area is 136 Å². The summed E-state index contributed by atoms with van der Waals surface area (Å²) in [5.74, 6) is 0.493. The lowest BCUT2D eigenvalue weighted by Gasteiger charge is -2.34. The Hall–Kier alpha value is -1.46. The second-order valence-corrected chi connectivity index (χ2v) is 5.83. The van der Waals surface area contributed by atoms with Gasteiger partial charge in [0.05, 0.1) is 13.2 Å². The van der Waals surface area contributed by atoms with Crippen molar-refractivity contribution < 1.29 is 14.3 Å². The minimum atomic E-state index is -0.423. The number of ether oxygens (including phenoxy) is 2. The van der Waals surface area contributed by atoms with Gasteiger partial charge in [0.1, 0.15) is 6.61 Å². The molecule has 0 spiro atoms. The monoisotopic (exact) mass is 326 g/mol. The average molecular weight is 327 g/mol. The Balaban J connectivity index is 1.71. The third-order valence-electron chi connectivity index (χ3n) is 3.71. The number of alkyl carbamates (subject to hydrolysis) is 1. The van der Waals surface area contributed by atoms with Gasteiger partial charge in [0.2, 0.25) is 0 Å². The summed E-state index contributed by atoms with van der Waals surface area (Å²) in [6.07, 6.45) is 1.89. The molecule has 0 radical (unpaired) electrons. The number of carbonyl (C=O) groups is 1. The van der Waals surface area contributed by atoms with Gasteiger partial charge in [-0.2, -0.15) is 0 Å². The van der Waals surface area contributed by atoms with E-state index in [-0.39, 0.29) is 6.61 Å².